The maximum Gasteiger partial charge on any atom is 0.242 e. The number of hydrogen-bond acceptors (Lipinski definition) is 2. The number of halogens is 3. The molecule has 3 rings (SSSR count). The van der Waals surface area contributed by atoms with Crippen molar-refractivity contribution in [3.63, 3.8) is 0 Å². The van der Waals surface area contributed by atoms with Gasteiger partial charge in [-0.15, -0.1) is 0 Å². The number of nitrogens with zero attached hydrogens (tertiary/aromatic N) is 1. The van der Waals surface area contributed by atoms with Crippen LogP contribution in [0.25, 0.3) is 0 Å². The Bertz CT molecular complexity index is 898. The van der Waals surface area contributed by atoms with E-state index in [1.807, 2.05) is 24.3 Å². The first-order chi connectivity index (χ1) is 14.3. The van der Waals surface area contributed by atoms with Crippen molar-refractivity contribution in [1.82, 2.24) is 10.2 Å². The average molecular weight is 496 g/mol. The zero-order valence-electron chi connectivity index (χ0n) is 16.8. The highest BCUT2D eigenvalue weighted by atomic mass is 79.9. The monoisotopic (exact) mass is 494 g/mol. The Kier molecular flexibility index (Phi) is 7.89. The number of rotatable bonds is 7. The van der Waals surface area contributed by atoms with E-state index in [0.717, 1.165) is 35.7 Å². The van der Waals surface area contributed by atoms with Crippen molar-refractivity contribution in [1.29, 1.82) is 0 Å². The summed E-state index contributed by atoms with van der Waals surface area (Å²) in [4.78, 5) is 27.6. The quantitative estimate of drug-likeness (QED) is 0.570. The van der Waals surface area contributed by atoms with Crippen molar-refractivity contribution < 1.29 is 14.0 Å². The lowest BCUT2D eigenvalue weighted by Gasteiger charge is -2.30. The van der Waals surface area contributed by atoms with Crippen LogP contribution in [0.5, 0.6) is 0 Å². The van der Waals surface area contributed by atoms with Crippen molar-refractivity contribution >= 4 is 39.3 Å². The molecular weight excluding hydrogens is 471 g/mol. The minimum atomic E-state index is -0.692. The maximum atomic E-state index is 14.2. The van der Waals surface area contributed by atoms with Gasteiger partial charge in [0.15, 0.2) is 0 Å². The number of benzene rings is 2. The summed E-state index contributed by atoms with van der Waals surface area (Å²) in [6, 6.07) is 11.4. The molecule has 0 bridgehead atoms. The highest BCUT2D eigenvalue weighted by Gasteiger charge is 2.29. The van der Waals surface area contributed by atoms with Gasteiger partial charge in [-0.25, -0.2) is 4.39 Å². The number of carbonyl (C=O) groups is 2. The molecule has 1 saturated carbocycles. The number of hydrogen-bond donors (Lipinski definition) is 1. The van der Waals surface area contributed by atoms with Gasteiger partial charge >= 0.3 is 0 Å². The van der Waals surface area contributed by atoms with Crippen molar-refractivity contribution in [3.05, 3.63) is 68.9 Å². The third-order valence-electron chi connectivity index (χ3n) is 5.50. The highest BCUT2D eigenvalue weighted by molar-refractivity contribution is 9.10. The molecule has 1 aliphatic rings. The van der Waals surface area contributed by atoms with Crippen LogP contribution in [0.15, 0.2) is 46.9 Å². The summed E-state index contributed by atoms with van der Waals surface area (Å²) in [5, 5.41) is 3.26. The fraction of sp³-hybridized carbons (Fsp3) is 0.391. The zero-order valence-corrected chi connectivity index (χ0v) is 19.2. The minimum Gasteiger partial charge on any atom is -0.352 e. The molecule has 1 N–H and O–H groups in total. The summed E-state index contributed by atoms with van der Waals surface area (Å²) >= 11 is 9.56. The van der Waals surface area contributed by atoms with E-state index in [1.165, 1.54) is 17.0 Å². The summed E-state index contributed by atoms with van der Waals surface area (Å²) < 4.78 is 15.1. The second kappa shape index (κ2) is 10.4. The SMILES string of the molecule is C[C@@H](C(=O)NC1CCCC1)N(Cc1cccc(Br)c1)C(=O)Cc1c(F)cccc1Cl. The van der Waals surface area contributed by atoms with Gasteiger partial charge in [0.1, 0.15) is 11.9 Å². The standard InChI is InChI=1S/C23H25BrClFN2O2/c1-15(23(30)27-18-8-2-3-9-18)28(14-16-6-4-7-17(24)12-16)22(29)13-19-20(25)10-5-11-21(19)26/h4-7,10-12,15,18H,2-3,8-9,13-14H2,1H3,(H,27,30)/t15-/m0/s1. The van der Waals surface area contributed by atoms with E-state index in [1.54, 1.807) is 13.0 Å². The third kappa shape index (κ3) is 5.82. The summed E-state index contributed by atoms with van der Waals surface area (Å²) in [5.74, 6) is -1.07. The third-order valence-corrected chi connectivity index (χ3v) is 6.35. The minimum absolute atomic E-state index is 0.145. The van der Waals surface area contributed by atoms with Crippen molar-refractivity contribution in [3.8, 4) is 0 Å². The number of amides is 2. The van der Waals surface area contributed by atoms with Gasteiger partial charge in [-0.05, 0) is 49.6 Å². The summed E-state index contributed by atoms with van der Waals surface area (Å²) in [5.41, 5.74) is 1.02. The molecule has 30 heavy (non-hydrogen) atoms. The van der Waals surface area contributed by atoms with E-state index in [-0.39, 0.29) is 41.4 Å². The molecule has 7 heteroatoms. The van der Waals surface area contributed by atoms with Gasteiger partial charge in [-0.1, -0.05) is 58.6 Å². The van der Waals surface area contributed by atoms with Crippen molar-refractivity contribution in [2.45, 2.75) is 57.7 Å². The molecule has 1 atom stereocenters. The van der Waals surface area contributed by atoms with E-state index in [2.05, 4.69) is 21.2 Å². The molecule has 0 radical (unpaired) electrons. The van der Waals surface area contributed by atoms with Crippen molar-refractivity contribution in [2.75, 3.05) is 0 Å². The molecule has 1 aliphatic carbocycles. The Hall–Kier alpha value is -1.92. The Morgan fingerprint density at radius 3 is 2.60 bits per heavy atom. The van der Waals surface area contributed by atoms with Crippen LogP contribution < -0.4 is 5.32 Å². The van der Waals surface area contributed by atoms with Gasteiger partial charge in [0.2, 0.25) is 11.8 Å². The fourth-order valence-electron chi connectivity index (χ4n) is 3.76. The first kappa shape index (κ1) is 22.8. The van der Waals surface area contributed by atoms with Crippen LogP contribution >= 0.6 is 27.5 Å². The van der Waals surface area contributed by atoms with Gasteiger partial charge in [0.05, 0.1) is 6.42 Å². The number of carbonyl (C=O) groups excluding carboxylic acids is 2. The Labute approximate surface area is 189 Å². The molecule has 4 nitrogen and oxygen atoms in total. The largest absolute Gasteiger partial charge is 0.352 e. The molecule has 2 amide bonds. The van der Waals surface area contributed by atoms with Crippen LogP contribution in [0, 0.1) is 5.82 Å². The first-order valence-electron chi connectivity index (χ1n) is 10.1. The van der Waals surface area contributed by atoms with Crippen LogP contribution in [-0.4, -0.2) is 28.8 Å². The van der Waals surface area contributed by atoms with Gasteiger partial charge in [0.25, 0.3) is 0 Å². The van der Waals surface area contributed by atoms with Gasteiger partial charge in [-0.3, -0.25) is 9.59 Å². The van der Waals surface area contributed by atoms with Crippen LogP contribution in [0.3, 0.4) is 0 Å². The normalized spacial score (nSPS) is 15.1. The summed E-state index contributed by atoms with van der Waals surface area (Å²) in [6.45, 7) is 1.95. The fourth-order valence-corrected chi connectivity index (χ4v) is 4.44. The second-order valence-corrected chi connectivity index (χ2v) is 9.02. The molecule has 160 valence electrons. The lowest BCUT2D eigenvalue weighted by atomic mass is 10.1. The smallest absolute Gasteiger partial charge is 0.242 e. The summed E-state index contributed by atoms with van der Waals surface area (Å²) in [6.07, 6.45) is 3.92. The lowest BCUT2D eigenvalue weighted by molar-refractivity contribution is -0.140. The Balaban J connectivity index is 1.82. The molecule has 0 heterocycles. The Morgan fingerprint density at radius 2 is 1.93 bits per heavy atom. The molecule has 0 saturated heterocycles. The average Bonchev–Trinajstić information content (AvgIpc) is 3.21. The van der Waals surface area contributed by atoms with Crippen LogP contribution in [-0.2, 0) is 22.6 Å². The predicted molar refractivity (Wildman–Crippen MR) is 120 cm³/mol. The number of nitrogens with one attached hydrogen (secondary N) is 1. The molecule has 0 unspecified atom stereocenters. The van der Waals surface area contributed by atoms with Crippen LogP contribution in [0.2, 0.25) is 5.02 Å². The van der Waals surface area contributed by atoms with E-state index in [0.29, 0.717) is 0 Å². The second-order valence-electron chi connectivity index (χ2n) is 7.69. The molecule has 0 aliphatic heterocycles. The predicted octanol–water partition coefficient (Wildman–Crippen LogP) is 5.26. The first-order valence-corrected chi connectivity index (χ1v) is 11.3. The molecule has 2 aromatic carbocycles. The maximum absolute atomic E-state index is 14.2. The van der Waals surface area contributed by atoms with Crippen molar-refractivity contribution in [2.24, 2.45) is 0 Å². The topological polar surface area (TPSA) is 49.4 Å². The van der Waals surface area contributed by atoms with E-state index in [4.69, 9.17) is 11.6 Å². The highest BCUT2D eigenvalue weighted by Crippen LogP contribution is 2.23. The van der Waals surface area contributed by atoms with Gasteiger partial charge in [0, 0.05) is 27.6 Å². The van der Waals surface area contributed by atoms with E-state index in [9.17, 15) is 14.0 Å². The van der Waals surface area contributed by atoms with E-state index < -0.39 is 11.9 Å². The van der Waals surface area contributed by atoms with E-state index >= 15 is 0 Å². The lowest BCUT2D eigenvalue weighted by Crippen LogP contribution is -2.50. The van der Waals surface area contributed by atoms with Gasteiger partial charge in [-0.2, -0.15) is 0 Å². The molecule has 1 fully saturated rings. The summed E-state index contributed by atoms with van der Waals surface area (Å²) in [7, 11) is 0. The van der Waals surface area contributed by atoms with Gasteiger partial charge < -0.3 is 10.2 Å². The molecular formula is C23H25BrClFN2O2. The Morgan fingerprint density at radius 1 is 1.23 bits per heavy atom. The van der Waals surface area contributed by atoms with Crippen LogP contribution in [0.1, 0.15) is 43.7 Å². The molecule has 0 aromatic heterocycles. The molecule has 0 spiro atoms. The molecule has 2 aromatic rings. The zero-order chi connectivity index (χ0) is 21.7. The van der Waals surface area contributed by atoms with Crippen LogP contribution in [0.4, 0.5) is 4.39 Å².